The van der Waals surface area contributed by atoms with Gasteiger partial charge in [0.05, 0.1) is 7.11 Å². The van der Waals surface area contributed by atoms with Gasteiger partial charge in [0.15, 0.2) is 0 Å². The van der Waals surface area contributed by atoms with Crippen molar-refractivity contribution in [1.82, 2.24) is 16.0 Å². The van der Waals surface area contributed by atoms with E-state index in [1.54, 1.807) is 0 Å². The Morgan fingerprint density at radius 2 is 1.29 bits per heavy atom. The molecule has 13 heteroatoms. The molecule has 3 N–H and O–H groups in total. The van der Waals surface area contributed by atoms with Crippen LogP contribution in [0.5, 0.6) is 0 Å². The fraction of sp³-hybridized carbons (Fsp3) is 0.379. The van der Waals surface area contributed by atoms with Crippen molar-refractivity contribution in [3.63, 3.8) is 0 Å². The van der Waals surface area contributed by atoms with E-state index in [1.165, 1.54) is 0 Å². The van der Waals surface area contributed by atoms with Crippen LogP contribution in [0.2, 0.25) is 0 Å². The maximum atomic E-state index is 12.3. The second-order valence-corrected chi connectivity index (χ2v) is 8.85. The van der Waals surface area contributed by atoms with Crippen molar-refractivity contribution in [2.45, 2.75) is 58.5 Å². The van der Waals surface area contributed by atoms with Gasteiger partial charge in [-0.25, -0.2) is 14.4 Å². The van der Waals surface area contributed by atoms with E-state index in [2.05, 4.69) is 25.7 Å². The Labute approximate surface area is 243 Å². The number of methoxy groups -OCH3 is 1. The third kappa shape index (κ3) is 14.4. The molecule has 0 bridgehead atoms. The largest absolute Gasteiger partial charge is 0.465 e. The number of alkyl carbamates (subject to hydrolysis) is 2. The fourth-order valence-electron chi connectivity index (χ4n) is 3.39. The van der Waals surface area contributed by atoms with Crippen molar-refractivity contribution in [3.05, 3.63) is 71.8 Å². The number of hydrogen-bond acceptors (Lipinski definition) is 10. The molecule has 0 heterocycles. The quantitative estimate of drug-likeness (QED) is 0.0752. The lowest BCUT2D eigenvalue weighted by molar-refractivity contribution is -0.168. The number of ether oxygens (including phenoxy) is 4. The molecule has 0 unspecified atom stereocenters. The van der Waals surface area contributed by atoms with Gasteiger partial charge in [-0.1, -0.05) is 73.5 Å². The second-order valence-electron chi connectivity index (χ2n) is 8.85. The molecule has 0 saturated carbocycles. The van der Waals surface area contributed by atoms with Gasteiger partial charge in [-0.15, -0.1) is 0 Å². The predicted octanol–water partition coefficient (Wildman–Crippen LogP) is 3.32. The highest BCUT2D eigenvalue weighted by Crippen LogP contribution is 2.05. The first kappa shape index (κ1) is 33.3. The Balaban J connectivity index is 1.80. The molecule has 3 amide bonds. The second kappa shape index (κ2) is 19.2. The molecule has 0 radical (unpaired) electrons. The fourth-order valence-corrected chi connectivity index (χ4v) is 3.39. The third-order valence-electron chi connectivity index (χ3n) is 5.44. The SMILES string of the molecule is COC(=O)[C@@H](NC(=O)CCCCCCN=C(NC(=O)OCc1ccccc1)NC(=O)OCc1ccccc1)OC(C)=O. The lowest BCUT2D eigenvalue weighted by Crippen LogP contribution is -2.44. The molecule has 0 saturated heterocycles. The molecule has 0 spiro atoms. The number of carbonyl (C=O) groups is 5. The van der Waals surface area contributed by atoms with E-state index in [1.807, 2.05) is 60.7 Å². The van der Waals surface area contributed by atoms with Crippen LogP contribution in [-0.4, -0.2) is 55.9 Å². The smallest absolute Gasteiger partial charge is 0.414 e. The molecule has 2 rings (SSSR count). The van der Waals surface area contributed by atoms with Gasteiger partial charge in [0.2, 0.25) is 11.9 Å². The minimum Gasteiger partial charge on any atom is -0.465 e. The number of rotatable bonds is 14. The van der Waals surface area contributed by atoms with Crippen LogP contribution in [-0.2, 0) is 46.5 Å². The van der Waals surface area contributed by atoms with Crippen LogP contribution in [0.4, 0.5) is 9.59 Å². The average molecular weight is 585 g/mol. The molecule has 0 aliphatic rings. The van der Waals surface area contributed by atoms with Crippen molar-refractivity contribution in [2.75, 3.05) is 13.7 Å². The normalized spacial score (nSPS) is 10.8. The van der Waals surface area contributed by atoms with Gasteiger partial charge in [0.1, 0.15) is 13.2 Å². The van der Waals surface area contributed by atoms with Crippen LogP contribution in [0.3, 0.4) is 0 Å². The number of aliphatic imine (C=N–C) groups is 1. The number of nitrogens with one attached hydrogen (secondary N) is 3. The first-order valence-electron chi connectivity index (χ1n) is 13.3. The molecule has 0 aliphatic carbocycles. The molecule has 226 valence electrons. The molecule has 0 aliphatic heterocycles. The molecule has 0 aromatic heterocycles. The zero-order valence-corrected chi connectivity index (χ0v) is 23.6. The zero-order chi connectivity index (χ0) is 30.6. The molecule has 2 aromatic carbocycles. The van der Waals surface area contributed by atoms with Crippen molar-refractivity contribution < 1.29 is 42.9 Å². The van der Waals surface area contributed by atoms with Crippen LogP contribution in [0, 0.1) is 0 Å². The van der Waals surface area contributed by atoms with Gasteiger partial charge in [-0.05, 0) is 24.0 Å². The highest BCUT2D eigenvalue weighted by molar-refractivity contribution is 6.01. The summed E-state index contributed by atoms with van der Waals surface area (Å²) in [6.45, 7) is 1.44. The van der Waals surface area contributed by atoms with E-state index in [4.69, 9.17) is 14.2 Å². The summed E-state index contributed by atoms with van der Waals surface area (Å²) < 4.78 is 19.7. The van der Waals surface area contributed by atoms with Crippen LogP contribution >= 0.6 is 0 Å². The molecular weight excluding hydrogens is 548 g/mol. The summed E-state index contributed by atoms with van der Waals surface area (Å²) >= 11 is 0. The summed E-state index contributed by atoms with van der Waals surface area (Å²) in [6, 6.07) is 18.2. The molecule has 1 atom stereocenters. The van der Waals surface area contributed by atoms with Crippen molar-refractivity contribution in [3.8, 4) is 0 Å². The standard InChI is InChI=1S/C29H36N4O9/c1-21(34)42-25(26(36)39-2)31-24(35)17-11-3-4-12-18-30-27(32-28(37)40-19-22-13-7-5-8-14-22)33-29(38)41-20-23-15-9-6-10-16-23/h5-10,13-16,25H,3-4,11-12,17-20H2,1-2H3,(H,31,35)(H2,30,32,33,37,38)/t25-/m0/s1. The van der Waals surface area contributed by atoms with E-state index in [0.717, 1.165) is 25.2 Å². The summed E-state index contributed by atoms with van der Waals surface area (Å²) in [4.78, 5) is 63.7. The Morgan fingerprint density at radius 1 is 0.762 bits per heavy atom. The number of hydrogen-bond donors (Lipinski definition) is 3. The van der Waals surface area contributed by atoms with E-state index in [0.29, 0.717) is 25.7 Å². The lowest BCUT2D eigenvalue weighted by Gasteiger charge is -2.15. The number of esters is 2. The van der Waals surface area contributed by atoms with E-state index in [9.17, 15) is 24.0 Å². The van der Waals surface area contributed by atoms with Gasteiger partial charge >= 0.3 is 24.1 Å². The highest BCUT2D eigenvalue weighted by Gasteiger charge is 2.24. The number of carbonyl (C=O) groups excluding carboxylic acids is 5. The van der Waals surface area contributed by atoms with E-state index >= 15 is 0 Å². The lowest BCUT2D eigenvalue weighted by atomic mass is 10.1. The van der Waals surface area contributed by atoms with Crippen LogP contribution < -0.4 is 16.0 Å². The van der Waals surface area contributed by atoms with Crippen molar-refractivity contribution in [1.29, 1.82) is 0 Å². The first-order chi connectivity index (χ1) is 20.3. The zero-order valence-electron chi connectivity index (χ0n) is 23.6. The minimum absolute atomic E-state index is 0.0350. The third-order valence-corrected chi connectivity index (χ3v) is 5.44. The van der Waals surface area contributed by atoms with E-state index in [-0.39, 0.29) is 32.1 Å². The maximum Gasteiger partial charge on any atom is 0.414 e. The molecule has 0 fully saturated rings. The Hall–Kier alpha value is -4.94. The number of nitrogens with zero attached hydrogens (tertiary/aromatic N) is 1. The Kier molecular flexibility index (Phi) is 15.2. The Morgan fingerprint density at radius 3 is 1.79 bits per heavy atom. The number of unbranched alkanes of at least 4 members (excludes halogenated alkanes) is 3. The van der Waals surface area contributed by atoms with Gasteiger partial charge in [-0.3, -0.25) is 25.2 Å². The topological polar surface area (TPSA) is 171 Å². The Bertz CT molecular complexity index is 1130. The molecular formula is C29H36N4O9. The summed E-state index contributed by atoms with van der Waals surface area (Å²) in [7, 11) is 1.12. The number of amides is 3. The van der Waals surface area contributed by atoms with Gasteiger partial charge < -0.3 is 24.3 Å². The van der Waals surface area contributed by atoms with Crippen molar-refractivity contribution >= 4 is 36.0 Å². The summed E-state index contributed by atoms with van der Waals surface area (Å²) in [5.41, 5.74) is 1.59. The highest BCUT2D eigenvalue weighted by atomic mass is 16.6. The van der Waals surface area contributed by atoms with E-state index < -0.39 is 36.3 Å². The van der Waals surface area contributed by atoms with Crippen LogP contribution in [0.1, 0.15) is 50.2 Å². The number of benzene rings is 2. The maximum absolute atomic E-state index is 12.3. The molecule has 42 heavy (non-hydrogen) atoms. The average Bonchev–Trinajstić information content (AvgIpc) is 2.98. The van der Waals surface area contributed by atoms with Crippen LogP contribution in [0.25, 0.3) is 0 Å². The van der Waals surface area contributed by atoms with Gasteiger partial charge in [0, 0.05) is 19.9 Å². The predicted molar refractivity (Wildman–Crippen MR) is 151 cm³/mol. The number of guanidine groups is 1. The molecule has 2 aromatic rings. The molecule has 13 nitrogen and oxygen atoms in total. The van der Waals surface area contributed by atoms with Gasteiger partial charge in [0.25, 0.3) is 6.23 Å². The minimum atomic E-state index is -1.49. The first-order valence-corrected chi connectivity index (χ1v) is 13.3. The van der Waals surface area contributed by atoms with Gasteiger partial charge in [-0.2, -0.15) is 0 Å². The van der Waals surface area contributed by atoms with Crippen molar-refractivity contribution in [2.24, 2.45) is 4.99 Å². The summed E-state index contributed by atoms with van der Waals surface area (Å²) in [6.07, 6.45) is -0.551. The summed E-state index contributed by atoms with van der Waals surface area (Å²) in [5.74, 6) is -2.21. The summed E-state index contributed by atoms with van der Waals surface area (Å²) in [5, 5.41) is 7.17. The monoisotopic (exact) mass is 584 g/mol. The van der Waals surface area contributed by atoms with Crippen LogP contribution in [0.15, 0.2) is 65.7 Å².